The fourth-order valence-corrected chi connectivity index (χ4v) is 2.07. The Morgan fingerprint density at radius 2 is 1.81 bits per heavy atom. The maximum Gasteiger partial charge on any atom is 0.263 e. The largest absolute Gasteiger partial charge is 0.306 e. The minimum Gasteiger partial charge on any atom is -0.306 e. The Morgan fingerprint density at radius 3 is 2.52 bits per heavy atom. The predicted molar refractivity (Wildman–Crippen MR) is 73.0 cm³/mol. The molecule has 1 nitrogen and oxygen atoms in total. The van der Waals surface area contributed by atoms with Gasteiger partial charge in [0.15, 0.2) is 0 Å². The van der Waals surface area contributed by atoms with Crippen molar-refractivity contribution in [2.75, 3.05) is 0 Å². The van der Waals surface area contributed by atoms with Crippen molar-refractivity contribution in [3.63, 3.8) is 0 Å². The summed E-state index contributed by atoms with van der Waals surface area (Å²) in [5, 5.41) is 3.00. The normalized spacial score (nSPS) is 12.7. The molecule has 2 rings (SSSR count). The minimum absolute atomic E-state index is 0.0566. The molecule has 0 amide bonds. The van der Waals surface area contributed by atoms with Crippen molar-refractivity contribution in [2.45, 2.75) is 25.9 Å². The first-order valence-electron chi connectivity index (χ1n) is 6.52. The molecule has 0 fully saturated rings. The van der Waals surface area contributed by atoms with Crippen molar-refractivity contribution in [3.05, 3.63) is 70.8 Å². The van der Waals surface area contributed by atoms with Crippen LogP contribution in [0.1, 0.15) is 36.1 Å². The molecule has 0 saturated carbocycles. The molecular weight excluding hydrogens is 282 g/mol. The second-order valence-electron chi connectivity index (χ2n) is 4.81. The van der Waals surface area contributed by atoms with E-state index < -0.39 is 24.1 Å². The highest BCUT2D eigenvalue weighted by Crippen LogP contribution is 2.21. The number of hydrogen-bond acceptors (Lipinski definition) is 1. The Morgan fingerprint density at radius 1 is 1.05 bits per heavy atom. The fourth-order valence-electron chi connectivity index (χ4n) is 2.07. The zero-order valence-corrected chi connectivity index (χ0v) is 11.4. The van der Waals surface area contributed by atoms with E-state index in [0.29, 0.717) is 5.56 Å². The molecule has 0 aliphatic heterocycles. The van der Waals surface area contributed by atoms with Crippen LogP contribution in [0.4, 0.5) is 17.6 Å². The van der Waals surface area contributed by atoms with Crippen LogP contribution in [0, 0.1) is 11.6 Å². The summed E-state index contributed by atoms with van der Waals surface area (Å²) < 4.78 is 51.9. The summed E-state index contributed by atoms with van der Waals surface area (Å²) >= 11 is 0. The van der Waals surface area contributed by atoms with Gasteiger partial charge in [-0.15, -0.1) is 0 Å². The molecule has 1 N–H and O–H groups in total. The van der Waals surface area contributed by atoms with Crippen LogP contribution in [0.15, 0.2) is 42.5 Å². The van der Waals surface area contributed by atoms with Crippen molar-refractivity contribution in [1.29, 1.82) is 0 Å². The summed E-state index contributed by atoms with van der Waals surface area (Å²) in [6.45, 7) is 1.98. The van der Waals surface area contributed by atoms with E-state index in [0.717, 1.165) is 18.2 Å². The Bertz CT molecular complexity index is 613. The zero-order valence-electron chi connectivity index (χ0n) is 11.4. The SMILES string of the molecule is CC(NCc1cccc(C(F)F)c1)c1cc(F)ccc1F. The third kappa shape index (κ3) is 4.04. The van der Waals surface area contributed by atoms with Gasteiger partial charge in [-0.3, -0.25) is 0 Å². The average Bonchev–Trinajstić information content (AvgIpc) is 2.47. The van der Waals surface area contributed by atoms with E-state index in [-0.39, 0.29) is 17.7 Å². The van der Waals surface area contributed by atoms with Crippen LogP contribution in [-0.2, 0) is 6.54 Å². The third-order valence-electron chi connectivity index (χ3n) is 3.24. The van der Waals surface area contributed by atoms with E-state index in [1.54, 1.807) is 19.1 Å². The number of rotatable bonds is 5. The van der Waals surface area contributed by atoms with E-state index >= 15 is 0 Å². The number of halogens is 4. The second kappa shape index (κ2) is 6.72. The van der Waals surface area contributed by atoms with Crippen LogP contribution in [0.2, 0.25) is 0 Å². The molecule has 0 bridgehead atoms. The summed E-state index contributed by atoms with van der Waals surface area (Å²) in [6, 6.07) is 8.81. The maximum atomic E-state index is 13.6. The predicted octanol–water partition coefficient (Wildman–Crippen LogP) is 4.75. The monoisotopic (exact) mass is 297 g/mol. The molecule has 0 radical (unpaired) electrons. The number of nitrogens with one attached hydrogen (secondary N) is 1. The molecule has 2 aromatic rings. The molecule has 0 aliphatic carbocycles. The van der Waals surface area contributed by atoms with Gasteiger partial charge in [-0.25, -0.2) is 17.6 Å². The summed E-state index contributed by atoms with van der Waals surface area (Å²) in [6.07, 6.45) is -2.52. The lowest BCUT2D eigenvalue weighted by molar-refractivity contribution is 0.151. The van der Waals surface area contributed by atoms with E-state index in [1.165, 1.54) is 12.1 Å². The number of alkyl halides is 2. The van der Waals surface area contributed by atoms with Crippen LogP contribution in [0.3, 0.4) is 0 Å². The molecule has 21 heavy (non-hydrogen) atoms. The third-order valence-corrected chi connectivity index (χ3v) is 3.24. The van der Waals surface area contributed by atoms with Crippen molar-refractivity contribution in [1.82, 2.24) is 5.32 Å². The Labute approximate surface area is 120 Å². The van der Waals surface area contributed by atoms with Gasteiger partial charge in [-0.1, -0.05) is 18.2 Å². The molecule has 0 aliphatic rings. The Hall–Kier alpha value is -1.88. The van der Waals surface area contributed by atoms with Crippen molar-refractivity contribution >= 4 is 0 Å². The first kappa shape index (κ1) is 15.5. The molecule has 112 valence electrons. The standard InChI is InChI=1S/C16H15F4N/c1-10(14-8-13(17)5-6-15(14)18)21-9-11-3-2-4-12(7-11)16(19)20/h2-8,10,16,21H,9H2,1H3. The topological polar surface area (TPSA) is 12.0 Å². The maximum absolute atomic E-state index is 13.6. The van der Waals surface area contributed by atoms with Gasteiger partial charge in [0, 0.05) is 23.7 Å². The fraction of sp³-hybridized carbons (Fsp3) is 0.250. The summed E-state index contributed by atoms with van der Waals surface area (Å²) in [5.41, 5.74) is 0.815. The van der Waals surface area contributed by atoms with Crippen LogP contribution in [-0.4, -0.2) is 0 Å². The molecule has 0 heterocycles. The van der Waals surface area contributed by atoms with Crippen LogP contribution < -0.4 is 5.32 Å². The first-order valence-corrected chi connectivity index (χ1v) is 6.52. The van der Waals surface area contributed by atoms with Gasteiger partial charge < -0.3 is 5.32 Å². The van der Waals surface area contributed by atoms with E-state index in [9.17, 15) is 17.6 Å². The van der Waals surface area contributed by atoms with Gasteiger partial charge >= 0.3 is 0 Å². The quantitative estimate of drug-likeness (QED) is 0.785. The molecular formula is C16H15F4N. The van der Waals surface area contributed by atoms with Crippen molar-refractivity contribution < 1.29 is 17.6 Å². The average molecular weight is 297 g/mol. The molecule has 5 heteroatoms. The van der Waals surface area contributed by atoms with Gasteiger partial charge in [0.2, 0.25) is 0 Å². The van der Waals surface area contributed by atoms with Gasteiger partial charge in [-0.05, 0) is 36.8 Å². The lowest BCUT2D eigenvalue weighted by atomic mass is 10.1. The summed E-state index contributed by atoms with van der Waals surface area (Å²) in [4.78, 5) is 0. The molecule has 0 aromatic heterocycles. The van der Waals surface area contributed by atoms with E-state index in [4.69, 9.17) is 0 Å². The van der Waals surface area contributed by atoms with Crippen LogP contribution in [0.25, 0.3) is 0 Å². The van der Waals surface area contributed by atoms with Crippen LogP contribution in [0.5, 0.6) is 0 Å². The number of benzene rings is 2. The van der Waals surface area contributed by atoms with Gasteiger partial charge in [0.05, 0.1) is 0 Å². The van der Waals surface area contributed by atoms with Crippen LogP contribution >= 0.6 is 0 Å². The highest BCUT2D eigenvalue weighted by Gasteiger charge is 2.12. The highest BCUT2D eigenvalue weighted by molar-refractivity contribution is 5.25. The van der Waals surface area contributed by atoms with Crippen molar-refractivity contribution in [2.24, 2.45) is 0 Å². The Kier molecular flexibility index (Phi) is 4.96. The molecule has 1 atom stereocenters. The van der Waals surface area contributed by atoms with E-state index in [2.05, 4.69) is 5.32 Å². The molecule has 2 aromatic carbocycles. The molecule has 0 spiro atoms. The number of hydrogen-bond donors (Lipinski definition) is 1. The summed E-state index contributed by atoms with van der Waals surface area (Å²) in [5.74, 6) is -1.02. The van der Waals surface area contributed by atoms with Gasteiger partial charge in [-0.2, -0.15) is 0 Å². The lowest BCUT2D eigenvalue weighted by Crippen LogP contribution is -2.19. The van der Waals surface area contributed by atoms with E-state index in [1.807, 2.05) is 0 Å². The lowest BCUT2D eigenvalue weighted by Gasteiger charge is -2.15. The first-order chi connectivity index (χ1) is 9.97. The van der Waals surface area contributed by atoms with Gasteiger partial charge in [0.25, 0.3) is 6.43 Å². The highest BCUT2D eigenvalue weighted by atomic mass is 19.3. The minimum atomic E-state index is -2.52. The summed E-state index contributed by atoms with van der Waals surface area (Å²) in [7, 11) is 0. The smallest absolute Gasteiger partial charge is 0.263 e. The zero-order chi connectivity index (χ0) is 15.4. The molecule has 1 unspecified atom stereocenters. The van der Waals surface area contributed by atoms with Gasteiger partial charge in [0.1, 0.15) is 11.6 Å². The van der Waals surface area contributed by atoms with Crippen molar-refractivity contribution in [3.8, 4) is 0 Å². The second-order valence-corrected chi connectivity index (χ2v) is 4.81. The Balaban J connectivity index is 2.05. The molecule has 0 saturated heterocycles.